The molecule has 0 aliphatic carbocycles. The topological polar surface area (TPSA) is 88.8 Å². The van der Waals surface area contributed by atoms with Gasteiger partial charge in [0, 0.05) is 34.7 Å². The van der Waals surface area contributed by atoms with Crippen LogP contribution in [0.1, 0.15) is 11.1 Å². The minimum Gasteiger partial charge on any atom is -0.496 e. The lowest BCUT2D eigenvalue weighted by atomic mass is 9.96. The average molecular weight is 495 g/mol. The van der Waals surface area contributed by atoms with E-state index in [9.17, 15) is 5.11 Å². The van der Waals surface area contributed by atoms with Crippen LogP contribution in [-0.4, -0.2) is 47.8 Å². The van der Waals surface area contributed by atoms with Gasteiger partial charge in [0.1, 0.15) is 22.8 Å². The maximum Gasteiger partial charge on any atom is 0.203 e. The minimum atomic E-state index is -0.185. The predicted molar refractivity (Wildman–Crippen MR) is 136 cm³/mol. The molecule has 0 unspecified atom stereocenters. The normalized spacial score (nSPS) is 11.0. The van der Waals surface area contributed by atoms with Crippen molar-refractivity contribution >= 4 is 11.0 Å². The molecule has 1 N–H and O–H groups in total. The molecule has 0 amide bonds. The summed E-state index contributed by atoms with van der Waals surface area (Å²) in [6, 6.07) is 13.2. The number of hydrogen-bond acceptors (Lipinski definition) is 8. The monoisotopic (exact) mass is 494 g/mol. The molecule has 0 atom stereocenters. The van der Waals surface area contributed by atoms with E-state index in [1.807, 2.05) is 36.4 Å². The molecule has 8 heteroatoms. The maximum atomic E-state index is 9.87. The van der Waals surface area contributed by atoms with Crippen molar-refractivity contribution in [2.75, 3.05) is 42.7 Å². The highest BCUT2D eigenvalue weighted by atomic mass is 16.5. The molecular weight excluding hydrogens is 464 g/mol. The van der Waals surface area contributed by atoms with Gasteiger partial charge in [-0.25, -0.2) is 0 Å². The summed E-state index contributed by atoms with van der Waals surface area (Å²) in [6.45, 7) is 0.189. The number of furan rings is 1. The third-order valence-electron chi connectivity index (χ3n) is 6.06. The van der Waals surface area contributed by atoms with E-state index in [4.69, 9.17) is 32.8 Å². The van der Waals surface area contributed by atoms with E-state index in [-0.39, 0.29) is 6.61 Å². The first-order valence-corrected chi connectivity index (χ1v) is 11.2. The third kappa shape index (κ3) is 4.41. The first-order valence-electron chi connectivity index (χ1n) is 11.2. The third-order valence-corrected chi connectivity index (χ3v) is 6.06. The smallest absolute Gasteiger partial charge is 0.203 e. The van der Waals surface area contributed by atoms with E-state index in [1.165, 1.54) is 0 Å². The zero-order valence-corrected chi connectivity index (χ0v) is 21.3. The Morgan fingerprint density at radius 3 is 1.89 bits per heavy atom. The number of aliphatic hydroxyl groups is 1. The van der Waals surface area contributed by atoms with Crippen LogP contribution < -0.4 is 23.7 Å². The standard InChI is InChI=1S/C28H30O8/c1-30-15-19-9-16(7-8-21(19)31-2)27-26(17-10-24(33-4)28(35-6)25(11-17)34-5)20-13-22(32-3)18(14-29)12-23(20)36-27/h7-13,29H,14-15H2,1-6H3. The van der Waals surface area contributed by atoms with Crippen LogP contribution in [0.5, 0.6) is 28.7 Å². The van der Waals surface area contributed by atoms with Gasteiger partial charge >= 0.3 is 0 Å². The van der Waals surface area contributed by atoms with E-state index in [2.05, 4.69) is 0 Å². The Balaban J connectivity index is 2.08. The highest BCUT2D eigenvalue weighted by molar-refractivity contribution is 6.03. The molecule has 0 spiro atoms. The van der Waals surface area contributed by atoms with Crippen molar-refractivity contribution in [1.82, 2.24) is 0 Å². The van der Waals surface area contributed by atoms with E-state index < -0.39 is 0 Å². The molecule has 1 aromatic heterocycles. The number of benzene rings is 3. The van der Waals surface area contributed by atoms with Crippen LogP contribution in [0.2, 0.25) is 0 Å². The Morgan fingerprint density at radius 2 is 1.33 bits per heavy atom. The van der Waals surface area contributed by atoms with Gasteiger partial charge in [-0.05, 0) is 48.0 Å². The molecule has 0 aliphatic rings. The SMILES string of the molecule is COCc1cc(-c2oc3cc(CO)c(OC)cc3c2-c2cc(OC)c(OC)c(OC)c2)ccc1OC. The molecule has 3 aromatic carbocycles. The summed E-state index contributed by atoms with van der Waals surface area (Å²) in [6.07, 6.45) is 0. The molecule has 4 aromatic rings. The fourth-order valence-electron chi connectivity index (χ4n) is 4.38. The molecule has 36 heavy (non-hydrogen) atoms. The second kappa shape index (κ2) is 10.8. The zero-order chi connectivity index (χ0) is 25.8. The van der Waals surface area contributed by atoms with Crippen molar-refractivity contribution in [3.8, 4) is 51.2 Å². The molecule has 8 nitrogen and oxygen atoms in total. The molecule has 0 saturated heterocycles. The Kier molecular flexibility index (Phi) is 7.57. The quantitative estimate of drug-likeness (QED) is 0.311. The summed E-state index contributed by atoms with van der Waals surface area (Å²) in [5.74, 6) is 3.42. The fraction of sp³-hybridized carbons (Fsp3) is 0.286. The largest absolute Gasteiger partial charge is 0.496 e. The molecule has 4 rings (SSSR count). The summed E-state index contributed by atoms with van der Waals surface area (Å²) in [5.41, 5.74) is 4.52. The molecule has 1 heterocycles. The van der Waals surface area contributed by atoms with Crippen LogP contribution in [0.15, 0.2) is 46.9 Å². The van der Waals surface area contributed by atoms with Crippen molar-refractivity contribution in [2.45, 2.75) is 13.2 Å². The Hall–Kier alpha value is -3.88. The van der Waals surface area contributed by atoms with Crippen LogP contribution in [0.4, 0.5) is 0 Å². The van der Waals surface area contributed by atoms with Gasteiger partial charge in [-0.3, -0.25) is 0 Å². The number of methoxy groups -OCH3 is 6. The number of ether oxygens (including phenoxy) is 6. The van der Waals surface area contributed by atoms with Crippen molar-refractivity contribution < 1.29 is 37.9 Å². The van der Waals surface area contributed by atoms with E-state index in [0.29, 0.717) is 46.5 Å². The molecule has 0 aliphatic heterocycles. The van der Waals surface area contributed by atoms with Gasteiger partial charge in [0.25, 0.3) is 0 Å². The Labute approximate surface area is 209 Å². The van der Waals surface area contributed by atoms with Gasteiger partial charge in [0.2, 0.25) is 5.75 Å². The van der Waals surface area contributed by atoms with Crippen molar-refractivity contribution in [1.29, 1.82) is 0 Å². The lowest BCUT2D eigenvalue weighted by Crippen LogP contribution is -1.96. The summed E-state index contributed by atoms with van der Waals surface area (Å²) >= 11 is 0. The maximum absolute atomic E-state index is 9.87. The first-order chi connectivity index (χ1) is 17.5. The van der Waals surface area contributed by atoms with Crippen LogP contribution >= 0.6 is 0 Å². The summed E-state index contributed by atoms with van der Waals surface area (Å²) in [5, 5.41) is 10.7. The zero-order valence-electron chi connectivity index (χ0n) is 21.3. The molecule has 0 bridgehead atoms. The minimum absolute atomic E-state index is 0.185. The van der Waals surface area contributed by atoms with E-state index >= 15 is 0 Å². The molecule has 0 saturated carbocycles. The summed E-state index contributed by atoms with van der Waals surface area (Å²) in [4.78, 5) is 0. The molecular formula is C28H30O8. The number of hydrogen-bond donors (Lipinski definition) is 1. The van der Waals surface area contributed by atoms with Crippen LogP contribution in [-0.2, 0) is 18.0 Å². The Morgan fingerprint density at radius 1 is 0.667 bits per heavy atom. The van der Waals surface area contributed by atoms with Crippen LogP contribution in [0, 0.1) is 0 Å². The lowest BCUT2D eigenvalue weighted by molar-refractivity contribution is 0.181. The highest BCUT2D eigenvalue weighted by Gasteiger charge is 2.24. The molecule has 0 radical (unpaired) electrons. The number of aliphatic hydroxyl groups excluding tert-OH is 1. The summed E-state index contributed by atoms with van der Waals surface area (Å²) < 4.78 is 39.6. The predicted octanol–water partition coefficient (Wildman–Crippen LogP) is 5.45. The van der Waals surface area contributed by atoms with Gasteiger partial charge < -0.3 is 37.9 Å². The van der Waals surface area contributed by atoms with Crippen LogP contribution in [0.25, 0.3) is 33.4 Å². The van der Waals surface area contributed by atoms with Crippen molar-refractivity contribution in [3.63, 3.8) is 0 Å². The first kappa shape index (κ1) is 25.2. The lowest BCUT2D eigenvalue weighted by Gasteiger charge is -2.15. The fourth-order valence-corrected chi connectivity index (χ4v) is 4.38. The molecule has 0 fully saturated rings. The second-order valence-corrected chi connectivity index (χ2v) is 8.00. The van der Waals surface area contributed by atoms with Crippen molar-refractivity contribution in [3.05, 3.63) is 53.6 Å². The summed E-state index contributed by atoms with van der Waals surface area (Å²) in [7, 11) is 9.55. The Bertz CT molecular complexity index is 1350. The molecule has 190 valence electrons. The van der Waals surface area contributed by atoms with Gasteiger partial charge in [0.05, 0.1) is 48.8 Å². The van der Waals surface area contributed by atoms with Gasteiger partial charge in [-0.2, -0.15) is 0 Å². The number of fused-ring (bicyclic) bond motifs is 1. The van der Waals surface area contributed by atoms with Gasteiger partial charge in [-0.15, -0.1) is 0 Å². The van der Waals surface area contributed by atoms with Crippen molar-refractivity contribution in [2.24, 2.45) is 0 Å². The van der Waals surface area contributed by atoms with Gasteiger partial charge in [0.15, 0.2) is 11.5 Å². The highest BCUT2D eigenvalue weighted by Crippen LogP contribution is 2.48. The second-order valence-electron chi connectivity index (χ2n) is 8.00. The number of rotatable bonds is 10. The average Bonchev–Trinajstić information content (AvgIpc) is 3.29. The van der Waals surface area contributed by atoms with Crippen LogP contribution in [0.3, 0.4) is 0 Å². The van der Waals surface area contributed by atoms with E-state index in [1.54, 1.807) is 48.7 Å². The van der Waals surface area contributed by atoms with E-state index in [0.717, 1.165) is 33.4 Å². The van der Waals surface area contributed by atoms with Gasteiger partial charge in [-0.1, -0.05) is 0 Å².